The molecule has 0 aromatic heterocycles. The lowest BCUT2D eigenvalue weighted by molar-refractivity contribution is -0.120. The minimum absolute atomic E-state index is 0.252. The SMILES string of the molecule is Cc1ccc(NC(=O)CO/N=C/c2ccc(N3CCOCC3)cc2)cc1F. The van der Waals surface area contributed by atoms with Gasteiger partial charge in [-0.05, 0) is 42.3 Å². The van der Waals surface area contributed by atoms with Gasteiger partial charge in [-0.1, -0.05) is 23.4 Å². The average molecular weight is 371 g/mol. The molecule has 7 heteroatoms. The van der Waals surface area contributed by atoms with Crippen molar-refractivity contribution in [3.05, 3.63) is 59.4 Å². The van der Waals surface area contributed by atoms with Crippen LogP contribution in [0.15, 0.2) is 47.6 Å². The molecule has 3 rings (SSSR count). The highest BCUT2D eigenvalue weighted by atomic mass is 19.1. The van der Waals surface area contributed by atoms with Crippen LogP contribution in [0.1, 0.15) is 11.1 Å². The minimum Gasteiger partial charge on any atom is -0.386 e. The minimum atomic E-state index is -0.405. The molecule has 6 nitrogen and oxygen atoms in total. The van der Waals surface area contributed by atoms with E-state index in [9.17, 15) is 9.18 Å². The Labute approximate surface area is 157 Å². The van der Waals surface area contributed by atoms with Gasteiger partial charge in [-0.15, -0.1) is 0 Å². The fraction of sp³-hybridized carbons (Fsp3) is 0.300. The molecule has 27 heavy (non-hydrogen) atoms. The van der Waals surface area contributed by atoms with Gasteiger partial charge in [-0.25, -0.2) is 4.39 Å². The smallest absolute Gasteiger partial charge is 0.265 e. The van der Waals surface area contributed by atoms with Crippen molar-refractivity contribution in [2.45, 2.75) is 6.92 Å². The van der Waals surface area contributed by atoms with E-state index in [1.165, 1.54) is 6.07 Å². The van der Waals surface area contributed by atoms with Crippen LogP contribution >= 0.6 is 0 Å². The number of hydrogen-bond donors (Lipinski definition) is 1. The number of anilines is 2. The molecule has 2 aromatic carbocycles. The summed E-state index contributed by atoms with van der Waals surface area (Å²) in [7, 11) is 0. The average Bonchev–Trinajstić information content (AvgIpc) is 2.69. The van der Waals surface area contributed by atoms with Crippen LogP contribution in [0.25, 0.3) is 0 Å². The molecule has 1 heterocycles. The zero-order chi connectivity index (χ0) is 19.1. The lowest BCUT2D eigenvalue weighted by atomic mass is 10.2. The highest BCUT2D eigenvalue weighted by Crippen LogP contribution is 2.16. The van der Waals surface area contributed by atoms with Crippen LogP contribution in [0, 0.1) is 12.7 Å². The maximum Gasteiger partial charge on any atom is 0.265 e. The molecule has 0 spiro atoms. The predicted octanol–water partition coefficient (Wildman–Crippen LogP) is 2.96. The third kappa shape index (κ3) is 5.52. The van der Waals surface area contributed by atoms with Crippen LogP contribution in [-0.2, 0) is 14.4 Å². The van der Waals surface area contributed by atoms with Crippen molar-refractivity contribution in [2.75, 3.05) is 43.1 Å². The number of amides is 1. The Morgan fingerprint density at radius 3 is 2.70 bits per heavy atom. The van der Waals surface area contributed by atoms with Gasteiger partial charge in [-0.2, -0.15) is 0 Å². The number of rotatable bonds is 6. The summed E-state index contributed by atoms with van der Waals surface area (Å²) < 4.78 is 18.8. The molecule has 0 atom stereocenters. The number of halogens is 1. The Morgan fingerprint density at radius 1 is 1.26 bits per heavy atom. The molecule has 0 radical (unpaired) electrons. The van der Waals surface area contributed by atoms with Crippen LogP contribution in [0.3, 0.4) is 0 Å². The molecule has 1 fully saturated rings. The number of nitrogens with one attached hydrogen (secondary N) is 1. The van der Waals surface area contributed by atoms with Crippen LogP contribution in [0.4, 0.5) is 15.8 Å². The molecule has 1 aliphatic heterocycles. The summed E-state index contributed by atoms with van der Waals surface area (Å²) in [6.45, 7) is 4.67. The second-order valence-electron chi connectivity index (χ2n) is 6.21. The summed E-state index contributed by atoms with van der Waals surface area (Å²) in [5.41, 5.74) is 2.91. The fourth-order valence-electron chi connectivity index (χ4n) is 2.65. The molecule has 0 saturated carbocycles. The first-order valence-corrected chi connectivity index (χ1v) is 8.76. The van der Waals surface area contributed by atoms with Crippen LogP contribution < -0.4 is 10.2 Å². The molecule has 1 saturated heterocycles. The van der Waals surface area contributed by atoms with Gasteiger partial charge in [0.05, 0.1) is 19.4 Å². The maximum atomic E-state index is 13.5. The van der Waals surface area contributed by atoms with E-state index in [0.717, 1.165) is 37.6 Å². The lowest BCUT2D eigenvalue weighted by Gasteiger charge is -2.28. The van der Waals surface area contributed by atoms with Crippen molar-refractivity contribution in [2.24, 2.45) is 5.16 Å². The summed E-state index contributed by atoms with van der Waals surface area (Å²) in [4.78, 5) is 19.1. The van der Waals surface area contributed by atoms with Gasteiger partial charge in [0.1, 0.15) is 5.82 Å². The summed E-state index contributed by atoms with van der Waals surface area (Å²) in [6, 6.07) is 12.4. The molecule has 0 unspecified atom stereocenters. The van der Waals surface area contributed by atoms with E-state index in [2.05, 4.69) is 15.4 Å². The highest BCUT2D eigenvalue weighted by molar-refractivity contribution is 5.91. The lowest BCUT2D eigenvalue weighted by Crippen LogP contribution is -2.36. The molecule has 1 N–H and O–H groups in total. The van der Waals surface area contributed by atoms with Gasteiger partial charge >= 0.3 is 0 Å². The number of benzene rings is 2. The molecule has 2 aromatic rings. The molecular weight excluding hydrogens is 349 g/mol. The fourth-order valence-corrected chi connectivity index (χ4v) is 2.65. The molecule has 1 amide bonds. The Balaban J connectivity index is 1.44. The molecule has 142 valence electrons. The van der Waals surface area contributed by atoms with E-state index in [1.807, 2.05) is 24.3 Å². The first kappa shape index (κ1) is 18.8. The van der Waals surface area contributed by atoms with Crippen molar-refractivity contribution >= 4 is 23.5 Å². The van der Waals surface area contributed by atoms with Gasteiger partial charge in [0, 0.05) is 24.5 Å². The van der Waals surface area contributed by atoms with E-state index in [1.54, 1.807) is 25.3 Å². The van der Waals surface area contributed by atoms with Crippen molar-refractivity contribution in [1.82, 2.24) is 0 Å². The number of carbonyl (C=O) groups excluding carboxylic acids is 1. The Kier molecular flexibility index (Phi) is 6.38. The molecule has 0 aliphatic carbocycles. The van der Waals surface area contributed by atoms with Gasteiger partial charge in [0.2, 0.25) is 0 Å². The van der Waals surface area contributed by atoms with Gasteiger partial charge in [0.15, 0.2) is 6.61 Å². The zero-order valence-electron chi connectivity index (χ0n) is 15.2. The number of aryl methyl sites for hydroxylation is 1. The van der Waals surface area contributed by atoms with E-state index in [-0.39, 0.29) is 12.4 Å². The van der Waals surface area contributed by atoms with Crippen LogP contribution in [-0.4, -0.2) is 45.0 Å². The number of oxime groups is 1. The summed E-state index contributed by atoms with van der Waals surface area (Å²) in [5, 5.41) is 6.36. The predicted molar refractivity (Wildman–Crippen MR) is 103 cm³/mol. The molecular formula is C20H22FN3O3. The van der Waals surface area contributed by atoms with E-state index < -0.39 is 5.91 Å². The Morgan fingerprint density at radius 2 is 2.00 bits per heavy atom. The number of carbonyl (C=O) groups is 1. The normalized spacial score (nSPS) is 14.4. The monoisotopic (exact) mass is 371 g/mol. The maximum absolute atomic E-state index is 13.5. The zero-order valence-corrected chi connectivity index (χ0v) is 15.2. The Hall–Kier alpha value is -2.93. The Bertz CT molecular complexity index is 803. The van der Waals surface area contributed by atoms with E-state index >= 15 is 0 Å². The third-order valence-corrected chi connectivity index (χ3v) is 4.20. The largest absolute Gasteiger partial charge is 0.386 e. The number of ether oxygens (including phenoxy) is 1. The van der Waals surface area contributed by atoms with Crippen LogP contribution in [0.5, 0.6) is 0 Å². The topological polar surface area (TPSA) is 63.2 Å². The number of nitrogens with zero attached hydrogens (tertiary/aromatic N) is 2. The van der Waals surface area contributed by atoms with Crippen molar-refractivity contribution < 1.29 is 18.8 Å². The first-order valence-electron chi connectivity index (χ1n) is 8.76. The van der Waals surface area contributed by atoms with E-state index in [4.69, 9.17) is 9.57 Å². The third-order valence-electron chi connectivity index (χ3n) is 4.20. The summed E-state index contributed by atoms with van der Waals surface area (Å²) >= 11 is 0. The standard InChI is InChI=1S/C20H22FN3O3/c1-15-2-5-17(12-19(15)21)23-20(25)14-27-22-13-16-3-6-18(7-4-16)24-8-10-26-11-9-24/h2-7,12-13H,8-11,14H2,1H3,(H,23,25)/b22-13+. The number of morpholine rings is 1. The van der Waals surface area contributed by atoms with Crippen LogP contribution in [0.2, 0.25) is 0 Å². The van der Waals surface area contributed by atoms with E-state index in [0.29, 0.717) is 11.3 Å². The first-order chi connectivity index (χ1) is 13.1. The van der Waals surface area contributed by atoms with Crippen molar-refractivity contribution in [3.8, 4) is 0 Å². The van der Waals surface area contributed by atoms with Crippen molar-refractivity contribution in [1.29, 1.82) is 0 Å². The number of hydrogen-bond acceptors (Lipinski definition) is 5. The van der Waals surface area contributed by atoms with Gasteiger partial charge in [0.25, 0.3) is 5.91 Å². The molecule has 0 bridgehead atoms. The second-order valence-corrected chi connectivity index (χ2v) is 6.21. The van der Waals surface area contributed by atoms with Crippen molar-refractivity contribution in [3.63, 3.8) is 0 Å². The quantitative estimate of drug-likeness (QED) is 0.626. The highest BCUT2D eigenvalue weighted by Gasteiger charge is 2.10. The van der Waals surface area contributed by atoms with Gasteiger partial charge in [-0.3, -0.25) is 4.79 Å². The summed E-state index contributed by atoms with van der Waals surface area (Å²) in [6.07, 6.45) is 1.54. The summed E-state index contributed by atoms with van der Waals surface area (Å²) in [5.74, 6) is -0.773. The second kappa shape index (κ2) is 9.14. The van der Waals surface area contributed by atoms with Gasteiger partial charge < -0.3 is 19.8 Å². The molecule has 1 aliphatic rings.